The van der Waals surface area contributed by atoms with Crippen LogP contribution in [-0.4, -0.2) is 38.1 Å². The number of carbonyl (C=O) groups is 1. The molecule has 1 aromatic heterocycles. The van der Waals surface area contributed by atoms with Crippen LogP contribution in [0.2, 0.25) is 0 Å². The number of rotatable bonds is 4. The first kappa shape index (κ1) is 13.0. The second-order valence-electron chi connectivity index (χ2n) is 4.18. The van der Waals surface area contributed by atoms with Gasteiger partial charge < -0.3 is 0 Å². The van der Waals surface area contributed by atoms with Crippen LogP contribution in [0.4, 0.5) is 0 Å². The molecule has 0 saturated carbocycles. The third-order valence-electron chi connectivity index (χ3n) is 2.92. The van der Waals surface area contributed by atoms with Gasteiger partial charge in [-0.15, -0.1) is 11.8 Å². The molecule has 1 aromatic rings. The fourth-order valence-electron chi connectivity index (χ4n) is 1.88. The number of carbonyl (C=O) groups excluding carboxylic acids is 1. The first-order valence-electron chi connectivity index (χ1n) is 5.94. The van der Waals surface area contributed by atoms with E-state index in [0.29, 0.717) is 12.2 Å². The molecule has 0 N–H and O–H groups in total. The summed E-state index contributed by atoms with van der Waals surface area (Å²) in [6, 6.07) is 2.05. The number of hydrogen-bond acceptors (Lipinski definition) is 4. The van der Waals surface area contributed by atoms with Crippen molar-refractivity contribution in [2.24, 2.45) is 7.05 Å². The molecule has 1 fully saturated rings. The number of hydrogen-bond donors (Lipinski definition) is 0. The van der Waals surface area contributed by atoms with Crippen molar-refractivity contribution in [3.63, 3.8) is 0 Å². The van der Waals surface area contributed by atoms with Crippen molar-refractivity contribution >= 4 is 29.3 Å². The minimum Gasteiger partial charge on any atom is -0.298 e. The zero-order chi connectivity index (χ0) is 12.3. The quantitative estimate of drug-likeness (QED) is 0.837. The highest BCUT2D eigenvalue weighted by Crippen LogP contribution is 2.25. The Kier molecular flexibility index (Phi) is 4.56. The van der Waals surface area contributed by atoms with Gasteiger partial charge in [0.05, 0.1) is 10.9 Å². The fourth-order valence-corrected chi connectivity index (χ4v) is 4.53. The van der Waals surface area contributed by atoms with E-state index in [1.165, 1.54) is 5.75 Å². The van der Waals surface area contributed by atoms with Crippen molar-refractivity contribution in [3.8, 4) is 0 Å². The van der Waals surface area contributed by atoms with E-state index in [9.17, 15) is 4.79 Å². The van der Waals surface area contributed by atoms with E-state index in [-0.39, 0.29) is 5.25 Å². The summed E-state index contributed by atoms with van der Waals surface area (Å²) in [5.74, 6) is 3.61. The third kappa shape index (κ3) is 3.28. The summed E-state index contributed by atoms with van der Waals surface area (Å²) in [5.41, 5.74) is 2.11. The number of nitrogens with zero attached hydrogens (tertiary/aromatic N) is 2. The standard InChI is InChI=1S/C12H18N2OS2/c1-3-9-6-10(14(2)13-9)7-11(15)12-8-16-4-5-17-12/h6,12H,3-5,7-8H2,1-2H3. The highest BCUT2D eigenvalue weighted by molar-refractivity contribution is 8.07. The summed E-state index contributed by atoms with van der Waals surface area (Å²) < 4.78 is 1.84. The van der Waals surface area contributed by atoms with Crippen LogP contribution in [0.5, 0.6) is 0 Å². The number of aromatic nitrogens is 2. The van der Waals surface area contributed by atoms with Gasteiger partial charge in [-0.1, -0.05) is 6.92 Å². The summed E-state index contributed by atoms with van der Waals surface area (Å²) in [6.07, 6.45) is 1.46. The van der Waals surface area contributed by atoms with E-state index >= 15 is 0 Å². The molecule has 1 saturated heterocycles. The zero-order valence-electron chi connectivity index (χ0n) is 10.3. The highest BCUT2D eigenvalue weighted by atomic mass is 32.2. The minimum absolute atomic E-state index is 0.189. The molecule has 0 amide bonds. The summed E-state index contributed by atoms with van der Waals surface area (Å²) in [7, 11) is 1.92. The Hall–Kier alpha value is -0.420. The molecule has 1 aliphatic heterocycles. The highest BCUT2D eigenvalue weighted by Gasteiger charge is 2.23. The number of aryl methyl sites for hydroxylation is 2. The monoisotopic (exact) mass is 270 g/mol. The molecule has 17 heavy (non-hydrogen) atoms. The molecular weight excluding hydrogens is 252 g/mol. The Morgan fingerprint density at radius 3 is 3.00 bits per heavy atom. The smallest absolute Gasteiger partial charge is 0.152 e. The molecule has 5 heteroatoms. The largest absolute Gasteiger partial charge is 0.298 e. The van der Waals surface area contributed by atoms with E-state index in [4.69, 9.17) is 0 Å². The Labute approximate surface area is 111 Å². The zero-order valence-corrected chi connectivity index (χ0v) is 11.9. The maximum absolute atomic E-state index is 12.1. The van der Waals surface area contributed by atoms with Crippen molar-refractivity contribution in [3.05, 3.63) is 17.5 Å². The predicted octanol–water partition coefficient (Wildman–Crippen LogP) is 1.94. The number of Topliss-reactive ketones (excluding diaryl/α,β-unsaturated/α-hetero) is 1. The van der Waals surface area contributed by atoms with Crippen LogP contribution in [0.25, 0.3) is 0 Å². The van der Waals surface area contributed by atoms with Crippen LogP contribution in [0.3, 0.4) is 0 Å². The van der Waals surface area contributed by atoms with Gasteiger partial charge in [0, 0.05) is 36.4 Å². The van der Waals surface area contributed by atoms with Crippen molar-refractivity contribution in [2.75, 3.05) is 17.3 Å². The van der Waals surface area contributed by atoms with Crippen LogP contribution in [0.15, 0.2) is 6.07 Å². The van der Waals surface area contributed by atoms with Gasteiger partial charge in [0.1, 0.15) is 0 Å². The summed E-state index contributed by atoms with van der Waals surface area (Å²) in [6.45, 7) is 2.08. The molecule has 0 aliphatic carbocycles. The summed E-state index contributed by atoms with van der Waals surface area (Å²) >= 11 is 3.70. The normalized spacial score (nSPS) is 20.5. The average molecular weight is 270 g/mol. The van der Waals surface area contributed by atoms with Crippen molar-refractivity contribution < 1.29 is 4.79 Å². The molecule has 1 atom stereocenters. The van der Waals surface area contributed by atoms with Crippen molar-refractivity contribution in [1.29, 1.82) is 0 Å². The van der Waals surface area contributed by atoms with Crippen molar-refractivity contribution in [1.82, 2.24) is 9.78 Å². The summed E-state index contributed by atoms with van der Waals surface area (Å²) in [4.78, 5) is 12.1. The van der Waals surface area contributed by atoms with Crippen molar-refractivity contribution in [2.45, 2.75) is 25.0 Å². The third-order valence-corrected chi connectivity index (χ3v) is 5.72. The van der Waals surface area contributed by atoms with Gasteiger partial charge >= 0.3 is 0 Å². The second kappa shape index (κ2) is 5.96. The lowest BCUT2D eigenvalue weighted by Gasteiger charge is -2.19. The molecule has 3 nitrogen and oxygen atoms in total. The molecule has 2 heterocycles. The average Bonchev–Trinajstić information content (AvgIpc) is 2.71. The van der Waals surface area contributed by atoms with Crippen LogP contribution >= 0.6 is 23.5 Å². The van der Waals surface area contributed by atoms with E-state index in [1.54, 1.807) is 0 Å². The van der Waals surface area contributed by atoms with E-state index in [0.717, 1.165) is 29.3 Å². The van der Waals surface area contributed by atoms with Gasteiger partial charge in [-0.05, 0) is 12.5 Å². The Morgan fingerprint density at radius 2 is 2.41 bits per heavy atom. The molecule has 94 valence electrons. The number of ketones is 1. The Morgan fingerprint density at radius 1 is 1.59 bits per heavy atom. The molecule has 1 aliphatic rings. The molecule has 2 rings (SSSR count). The van der Waals surface area contributed by atoms with Crippen LogP contribution < -0.4 is 0 Å². The summed E-state index contributed by atoms with van der Waals surface area (Å²) in [5, 5.41) is 4.57. The van der Waals surface area contributed by atoms with Crippen LogP contribution in [-0.2, 0) is 24.7 Å². The Balaban J connectivity index is 1.99. The fraction of sp³-hybridized carbons (Fsp3) is 0.667. The first-order valence-corrected chi connectivity index (χ1v) is 8.15. The first-order chi connectivity index (χ1) is 8.20. The van der Waals surface area contributed by atoms with Gasteiger partial charge in [-0.25, -0.2) is 0 Å². The lowest BCUT2D eigenvalue weighted by atomic mass is 10.1. The minimum atomic E-state index is 0.189. The number of thioether (sulfide) groups is 2. The van der Waals surface area contributed by atoms with E-state index in [1.807, 2.05) is 35.3 Å². The van der Waals surface area contributed by atoms with Crippen LogP contribution in [0.1, 0.15) is 18.3 Å². The lowest BCUT2D eigenvalue weighted by molar-refractivity contribution is -0.117. The predicted molar refractivity (Wildman–Crippen MR) is 74.9 cm³/mol. The topological polar surface area (TPSA) is 34.9 Å². The van der Waals surface area contributed by atoms with Gasteiger partial charge in [0.25, 0.3) is 0 Å². The van der Waals surface area contributed by atoms with E-state index in [2.05, 4.69) is 18.1 Å². The molecular formula is C12H18N2OS2. The van der Waals surface area contributed by atoms with E-state index < -0.39 is 0 Å². The van der Waals surface area contributed by atoms with Gasteiger partial charge in [-0.2, -0.15) is 16.9 Å². The maximum atomic E-state index is 12.1. The molecule has 0 spiro atoms. The second-order valence-corrected chi connectivity index (χ2v) is 6.64. The molecule has 0 radical (unpaired) electrons. The SMILES string of the molecule is CCc1cc(CC(=O)C2CSCCS2)n(C)n1. The van der Waals surface area contributed by atoms with Gasteiger partial charge in [0.15, 0.2) is 5.78 Å². The lowest BCUT2D eigenvalue weighted by Crippen LogP contribution is -2.26. The van der Waals surface area contributed by atoms with Gasteiger partial charge in [0.2, 0.25) is 0 Å². The molecule has 1 unspecified atom stereocenters. The molecule has 0 bridgehead atoms. The Bertz CT molecular complexity index is 397. The van der Waals surface area contributed by atoms with Gasteiger partial charge in [-0.3, -0.25) is 9.48 Å². The maximum Gasteiger partial charge on any atom is 0.152 e. The molecule has 0 aromatic carbocycles. The van der Waals surface area contributed by atoms with Crippen LogP contribution in [0, 0.1) is 0 Å².